The van der Waals surface area contributed by atoms with Crippen LogP contribution in [0.5, 0.6) is 0 Å². The number of para-hydroxylation sites is 1. The zero-order chi connectivity index (χ0) is 18.8. The van der Waals surface area contributed by atoms with E-state index in [9.17, 15) is 9.59 Å². The minimum absolute atomic E-state index is 0.160. The first-order valence-electron chi connectivity index (χ1n) is 8.09. The van der Waals surface area contributed by atoms with Gasteiger partial charge in [-0.15, -0.1) is 11.3 Å². The highest BCUT2D eigenvalue weighted by atomic mass is 32.1. The van der Waals surface area contributed by atoms with E-state index in [4.69, 9.17) is 4.42 Å². The van der Waals surface area contributed by atoms with E-state index in [2.05, 4.69) is 15.0 Å². The summed E-state index contributed by atoms with van der Waals surface area (Å²) < 4.78 is 11.4. The Bertz CT molecular complexity index is 1110. The molecular weight excluding hydrogens is 364 g/mol. The lowest BCUT2D eigenvalue weighted by Gasteiger charge is -2.05. The van der Waals surface area contributed by atoms with Crippen LogP contribution in [0.1, 0.15) is 20.9 Å². The van der Waals surface area contributed by atoms with Crippen molar-refractivity contribution in [3.8, 4) is 10.8 Å². The summed E-state index contributed by atoms with van der Waals surface area (Å²) in [6.07, 6.45) is 0. The molecule has 0 radical (unpaired) electrons. The second kappa shape index (κ2) is 7.05. The van der Waals surface area contributed by atoms with Gasteiger partial charge >= 0.3 is 5.97 Å². The number of benzene rings is 2. The van der Waals surface area contributed by atoms with Gasteiger partial charge in [0.05, 0.1) is 22.9 Å². The summed E-state index contributed by atoms with van der Waals surface area (Å²) in [6, 6.07) is 17.6. The number of carbonyl (C=O) groups is 2. The predicted octanol–water partition coefficient (Wildman–Crippen LogP) is 4.60. The van der Waals surface area contributed by atoms with Gasteiger partial charge in [-0.25, -0.2) is 9.78 Å². The molecule has 2 aromatic carbocycles. The van der Waals surface area contributed by atoms with Gasteiger partial charge in [0, 0.05) is 5.69 Å². The number of ether oxygens (including phenoxy) is 1. The van der Waals surface area contributed by atoms with Crippen LogP contribution in [0.25, 0.3) is 21.0 Å². The van der Waals surface area contributed by atoms with Gasteiger partial charge in [-0.3, -0.25) is 4.79 Å². The van der Waals surface area contributed by atoms with Gasteiger partial charge in [0.25, 0.3) is 5.91 Å². The first-order chi connectivity index (χ1) is 13.1. The minimum Gasteiger partial charge on any atom is -0.465 e. The van der Waals surface area contributed by atoms with Crippen molar-refractivity contribution in [2.75, 3.05) is 12.4 Å². The van der Waals surface area contributed by atoms with Gasteiger partial charge in [0.15, 0.2) is 16.5 Å². The van der Waals surface area contributed by atoms with E-state index in [1.54, 1.807) is 36.4 Å². The molecule has 0 saturated heterocycles. The van der Waals surface area contributed by atoms with Gasteiger partial charge < -0.3 is 14.5 Å². The molecule has 0 fully saturated rings. The predicted molar refractivity (Wildman–Crippen MR) is 103 cm³/mol. The Morgan fingerprint density at radius 2 is 1.93 bits per heavy atom. The van der Waals surface area contributed by atoms with Crippen molar-refractivity contribution in [3.63, 3.8) is 0 Å². The average molecular weight is 378 g/mol. The Morgan fingerprint density at radius 1 is 1.07 bits per heavy atom. The zero-order valence-electron chi connectivity index (χ0n) is 14.3. The fourth-order valence-corrected chi connectivity index (χ4v) is 3.51. The van der Waals surface area contributed by atoms with Gasteiger partial charge in [-0.05, 0) is 42.5 Å². The standard InChI is InChI=1S/C20H14N2O4S/c1-25-20(24)12-5-4-6-13(11-12)21-18(23)15-9-10-16(26-15)19-22-14-7-2-3-8-17(14)27-19/h2-11H,1H3,(H,21,23). The third-order valence-corrected chi connectivity index (χ3v) is 4.93. The first-order valence-corrected chi connectivity index (χ1v) is 8.91. The van der Waals surface area contributed by atoms with Crippen LogP contribution in [0, 0.1) is 0 Å². The highest BCUT2D eigenvalue weighted by Gasteiger charge is 2.16. The molecule has 2 heterocycles. The fourth-order valence-electron chi connectivity index (χ4n) is 2.59. The molecule has 1 N–H and O–H groups in total. The Hall–Kier alpha value is -3.45. The number of amides is 1. The van der Waals surface area contributed by atoms with Crippen LogP contribution in [0.15, 0.2) is 65.1 Å². The summed E-state index contributed by atoms with van der Waals surface area (Å²) in [6.45, 7) is 0. The Morgan fingerprint density at radius 3 is 2.74 bits per heavy atom. The molecule has 0 aliphatic rings. The van der Waals surface area contributed by atoms with Crippen LogP contribution in [0.3, 0.4) is 0 Å². The van der Waals surface area contributed by atoms with Crippen molar-refractivity contribution in [3.05, 3.63) is 72.0 Å². The van der Waals surface area contributed by atoms with E-state index in [0.717, 1.165) is 10.2 Å². The van der Waals surface area contributed by atoms with Crippen molar-refractivity contribution in [1.82, 2.24) is 4.98 Å². The molecule has 0 atom stereocenters. The summed E-state index contributed by atoms with van der Waals surface area (Å²) in [5.74, 6) is -0.191. The topological polar surface area (TPSA) is 81.4 Å². The second-order valence-electron chi connectivity index (χ2n) is 5.68. The monoisotopic (exact) mass is 378 g/mol. The maximum absolute atomic E-state index is 12.4. The number of nitrogens with one attached hydrogen (secondary N) is 1. The highest BCUT2D eigenvalue weighted by molar-refractivity contribution is 7.21. The third-order valence-electron chi connectivity index (χ3n) is 3.88. The second-order valence-corrected chi connectivity index (χ2v) is 6.71. The largest absolute Gasteiger partial charge is 0.465 e. The molecule has 0 aliphatic carbocycles. The maximum atomic E-state index is 12.4. The number of fused-ring (bicyclic) bond motifs is 1. The normalized spacial score (nSPS) is 10.7. The molecule has 0 bridgehead atoms. The van der Waals surface area contributed by atoms with E-state index in [1.165, 1.54) is 18.4 Å². The number of hydrogen-bond donors (Lipinski definition) is 1. The smallest absolute Gasteiger partial charge is 0.337 e. The number of anilines is 1. The van der Waals surface area contributed by atoms with E-state index >= 15 is 0 Å². The molecule has 27 heavy (non-hydrogen) atoms. The number of hydrogen-bond acceptors (Lipinski definition) is 6. The molecule has 0 aliphatic heterocycles. The van der Waals surface area contributed by atoms with Crippen LogP contribution in [-0.4, -0.2) is 24.0 Å². The molecule has 4 rings (SSSR count). The molecule has 1 amide bonds. The Balaban J connectivity index is 1.54. The molecule has 6 nitrogen and oxygen atoms in total. The van der Waals surface area contributed by atoms with Gasteiger partial charge in [-0.1, -0.05) is 18.2 Å². The molecule has 134 valence electrons. The highest BCUT2D eigenvalue weighted by Crippen LogP contribution is 2.31. The number of methoxy groups -OCH3 is 1. The van der Waals surface area contributed by atoms with Crippen molar-refractivity contribution >= 4 is 39.1 Å². The average Bonchev–Trinajstić information content (AvgIpc) is 3.34. The molecular formula is C20H14N2O4S. The molecule has 0 saturated carbocycles. The molecule has 0 spiro atoms. The number of furan rings is 1. The van der Waals surface area contributed by atoms with E-state index in [0.29, 0.717) is 22.0 Å². The van der Waals surface area contributed by atoms with E-state index in [1.807, 2.05) is 24.3 Å². The fraction of sp³-hybridized carbons (Fsp3) is 0.0500. The lowest BCUT2D eigenvalue weighted by molar-refractivity contribution is 0.0600. The van der Waals surface area contributed by atoms with Crippen LogP contribution < -0.4 is 5.32 Å². The summed E-state index contributed by atoms with van der Waals surface area (Å²) in [5, 5.41) is 3.42. The molecule has 4 aromatic rings. The van der Waals surface area contributed by atoms with Gasteiger partial charge in [0.1, 0.15) is 0 Å². The molecule has 7 heteroatoms. The lowest BCUT2D eigenvalue weighted by Crippen LogP contribution is -2.11. The quantitative estimate of drug-likeness (QED) is 0.525. The number of carbonyl (C=O) groups excluding carboxylic acids is 2. The van der Waals surface area contributed by atoms with E-state index < -0.39 is 11.9 Å². The van der Waals surface area contributed by atoms with Crippen molar-refractivity contribution in [2.24, 2.45) is 0 Å². The third kappa shape index (κ3) is 3.45. The summed E-state index contributed by atoms with van der Waals surface area (Å²) in [7, 11) is 1.31. The molecule has 0 unspecified atom stereocenters. The SMILES string of the molecule is COC(=O)c1cccc(NC(=O)c2ccc(-c3nc4ccccc4s3)o2)c1. The van der Waals surface area contributed by atoms with Crippen molar-refractivity contribution in [2.45, 2.75) is 0 Å². The number of aromatic nitrogens is 1. The van der Waals surface area contributed by atoms with Crippen molar-refractivity contribution < 1.29 is 18.7 Å². The Kier molecular flexibility index (Phi) is 4.43. The number of rotatable bonds is 4. The first kappa shape index (κ1) is 17.0. The summed E-state index contributed by atoms with van der Waals surface area (Å²) in [4.78, 5) is 28.6. The van der Waals surface area contributed by atoms with Gasteiger partial charge in [0.2, 0.25) is 0 Å². The molecule has 2 aromatic heterocycles. The number of esters is 1. The zero-order valence-corrected chi connectivity index (χ0v) is 15.1. The van der Waals surface area contributed by atoms with Crippen LogP contribution in [0.2, 0.25) is 0 Å². The number of thiazole rings is 1. The van der Waals surface area contributed by atoms with Crippen LogP contribution >= 0.6 is 11.3 Å². The summed E-state index contributed by atoms with van der Waals surface area (Å²) >= 11 is 1.50. The minimum atomic E-state index is -0.470. The van der Waals surface area contributed by atoms with E-state index in [-0.39, 0.29) is 5.76 Å². The lowest BCUT2D eigenvalue weighted by atomic mass is 10.2. The number of nitrogens with zero attached hydrogens (tertiary/aromatic N) is 1. The van der Waals surface area contributed by atoms with Crippen LogP contribution in [-0.2, 0) is 4.74 Å². The maximum Gasteiger partial charge on any atom is 0.337 e. The Labute approximate surface area is 158 Å². The van der Waals surface area contributed by atoms with Crippen LogP contribution in [0.4, 0.5) is 5.69 Å². The summed E-state index contributed by atoms with van der Waals surface area (Å²) in [5.41, 5.74) is 1.71. The van der Waals surface area contributed by atoms with Gasteiger partial charge in [-0.2, -0.15) is 0 Å². The van der Waals surface area contributed by atoms with Crippen molar-refractivity contribution in [1.29, 1.82) is 0 Å².